The first-order valence-corrected chi connectivity index (χ1v) is 8.73. The van der Waals surface area contributed by atoms with Gasteiger partial charge in [0, 0.05) is 13.1 Å². The molecule has 146 valence electrons. The number of ether oxygens (including phenoxy) is 3. The molecule has 0 atom stereocenters. The van der Waals surface area contributed by atoms with E-state index in [0.29, 0.717) is 36.4 Å². The molecule has 0 saturated carbocycles. The number of hydrogen-bond donors (Lipinski definition) is 2. The molecule has 2 N–H and O–H groups in total. The molecular weight excluding hydrogens is 358 g/mol. The molecule has 3 aromatic rings. The van der Waals surface area contributed by atoms with Crippen molar-refractivity contribution < 1.29 is 14.2 Å². The number of hydrogen-bond acceptors (Lipinski definition) is 8. The largest absolute Gasteiger partial charge is 0.497 e. The minimum Gasteiger partial charge on any atom is -0.497 e. The average Bonchev–Trinajstić information content (AvgIpc) is 2.76. The van der Waals surface area contributed by atoms with Crippen LogP contribution in [0.5, 0.6) is 17.2 Å². The minimum absolute atomic E-state index is 0.452. The second-order valence-electron chi connectivity index (χ2n) is 5.91. The molecular formula is C20H23N5O3. The summed E-state index contributed by atoms with van der Waals surface area (Å²) >= 11 is 0. The molecule has 0 spiro atoms. The Hall–Kier alpha value is -3.55. The number of rotatable bonds is 9. The number of anilines is 2. The van der Waals surface area contributed by atoms with E-state index in [1.807, 2.05) is 42.5 Å². The van der Waals surface area contributed by atoms with Gasteiger partial charge in [-0.25, -0.2) is 0 Å². The Morgan fingerprint density at radius 2 is 1.50 bits per heavy atom. The molecule has 0 amide bonds. The predicted molar refractivity (Wildman–Crippen MR) is 107 cm³/mol. The molecule has 0 aliphatic heterocycles. The van der Waals surface area contributed by atoms with Crippen molar-refractivity contribution in [3.63, 3.8) is 0 Å². The van der Waals surface area contributed by atoms with Crippen LogP contribution in [0.25, 0.3) is 0 Å². The molecule has 8 nitrogen and oxygen atoms in total. The van der Waals surface area contributed by atoms with Gasteiger partial charge in [-0.1, -0.05) is 18.2 Å². The predicted octanol–water partition coefficient (Wildman–Crippen LogP) is 3.12. The lowest BCUT2D eigenvalue weighted by molar-refractivity contribution is 0.354. The van der Waals surface area contributed by atoms with Crippen molar-refractivity contribution in [1.29, 1.82) is 0 Å². The maximum atomic E-state index is 5.33. The Morgan fingerprint density at radius 1 is 0.786 bits per heavy atom. The van der Waals surface area contributed by atoms with Gasteiger partial charge in [-0.3, -0.25) is 0 Å². The first-order valence-electron chi connectivity index (χ1n) is 8.73. The number of benzene rings is 2. The SMILES string of the molecule is COc1ccc(CNc2nncc(NCc3ccc(OC)c(OC)c3)n2)cc1. The lowest BCUT2D eigenvalue weighted by Gasteiger charge is -2.11. The van der Waals surface area contributed by atoms with Crippen molar-refractivity contribution in [1.82, 2.24) is 15.2 Å². The van der Waals surface area contributed by atoms with E-state index in [9.17, 15) is 0 Å². The van der Waals surface area contributed by atoms with Crippen LogP contribution in [0.1, 0.15) is 11.1 Å². The summed E-state index contributed by atoms with van der Waals surface area (Å²) in [5.74, 6) is 3.28. The van der Waals surface area contributed by atoms with E-state index in [-0.39, 0.29) is 0 Å². The molecule has 8 heteroatoms. The molecule has 0 radical (unpaired) electrons. The van der Waals surface area contributed by atoms with Gasteiger partial charge < -0.3 is 24.8 Å². The highest BCUT2D eigenvalue weighted by Crippen LogP contribution is 2.27. The second kappa shape index (κ2) is 9.40. The summed E-state index contributed by atoms with van der Waals surface area (Å²) in [6.45, 7) is 1.15. The van der Waals surface area contributed by atoms with Crippen LogP contribution in [-0.2, 0) is 13.1 Å². The molecule has 0 saturated heterocycles. The summed E-state index contributed by atoms with van der Waals surface area (Å²) in [4.78, 5) is 4.44. The third-order valence-electron chi connectivity index (χ3n) is 4.09. The van der Waals surface area contributed by atoms with Crippen LogP contribution in [0.2, 0.25) is 0 Å². The minimum atomic E-state index is 0.452. The molecule has 0 unspecified atom stereocenters. The van der Waals surface area contributed by atoms with Crippen molar-refractivity contribution in [3.8, 4) is 17.2 Å². The van der Waals surface area contributed by atoms with E-state index in [2.05, 4.69) is 25.8 Å². The molecule has 3 rings (SSSR count). The van der Waals surface area contributed by atoms with Crippen LogP contribution in [0, 0.1) is 0 Å². The van der Waals surface area contributed by atoms with Crippen molar-refractivity contribution in [2.24, 2.45) is 0 Å². The Bertz CT molecular complexity index is 903. The highest BCUT2D eigenvalue weighted by atomic mass is 16.5. The third-order valence-corrected chi connectivity index (χ3v) is 4.09. The van der Waals surface area contributed by atoms with Gasteiger partial charge in [0.05, 0.1) is 27.5 Å². The van der Waals surface area contributed by atoms with Crippen LogP contribution in [0.4, 0.5) is 11.8 Å². The van der Waals surface area contributed by atoms with E-state index in [1.165, 1.54) is 0 Å². The first-order chi connectivity index (χ1) is 13.7. The van der Waals surface area contributed by atoms with E-state index in [0.717, 1.165) is 16.9 Å². The summed E-state index contributed by atoms with van der Waals surface area (Å²) in [5.41, 5.74) is 2.12. The van der Waals surface area contributed by atoms with Crippen LogP contribution in [0.3, 0.4) is 0 Å². The van der Waals surface area contributed by atoms with E-state index in [4.69, 9.17) is 14.2 Å². The van der Waals surface area contributed by atoms with Gasteiger partial charge in [-0.15, -0.1) is 5.10 Å². The fraction of sp³-hybridized carbons (Fsp3) is 0.250. The maximum Gasteiger partial charge on any atom is 0.244 e. The quantitative estimate of drug-likeness (QED) is 0.584. The lowest BCUT2D eigenvalue weighted by atomic mass is 10.2. The Labute approximate surface area is 163 Å². The fourth-order valence-corrected chi connectivity index (χ4v) is 2.57. The zero-order valence-electron chi connectivity index (χ0n) is 16.1. The van der Waals surface area contributed by atoms with Gasteiger partial charge in [0.1, 0.15) is 5.75 Å². The lowest BCUT2D eigenvalue weighted by Crippen LogP contribution is -2.08. The summed E-state index contributed by atoms with van der Waals surface area (Å²) in [6, 6.07) is 13.6. The van der Waals surface area contributed by atoms with Gasteiger partial charge in [-0.2, -0.15) is 10.1 Å². The Balaban J connectivity index is 1.58. The van der Waals surface area contributed by atoms with Gasteiger partial charge in [0.2, 0.25) is 5.95 Å². The van der Waals surface area contributed by atoms with Gasteiger partial charge in [-0.05, 0) is 35.4 Å². The van der Waals surface area contributed by atoms with E-state index < -0.39 is 0 Å². The fourth-order valence-electron chi connectivity index (χ4n) is 2.57. The Morgan fingerprint density at radius 3 is 2.21 bits per heavy atom. The maximum absolute atomic E-state index is 5.33. The molecule has 0 bridgehead atoms. The standard InChI is InChI=1S/C20H23N5O3/c1-26-16-7-4-14(5-8-16)11-22-20-24-19(13-23-25-20)21-12-15-6-9-17(27-2)18(10-15)28-3/h4-10,13H,11-12H2,1-3H3,(H2,21,22,24,25). The highest BCUT2D eigenvalue weighted by molar-refractivity contribution is 5.45. The van der Waals surface area contributed by atoms with E-state index >= 15 is 0 Å². The van der Waals surface area contributed by atoms with Crippen molar-refractivity contribution in [2.75, 3.05) is 32.0 Å². The van der Waals surface area contributed by atoms with Crippen LogP contribution in [0.15, 0.2) is 48.7 Å². The summed E-state index contributed by atoms with van der Waals surface area (Å²) in [7, 11) is 4.88. The first kappa shape index (κ1) is 19.2. The molecule has 0 aliphatic rings. The normalized spacial score (nSPS) is 10.2. The van der Waals surface area contributed by atoms with E-state index in [1.54, 1.807) is 27.5 Å². The third kappa shape index (κ3) is 5.00. The molecule has 28 heavy (non-hydrogen) atoms. The number of methoxy groups -OCH3 is 3. The molecule has 0 aliphatic carbocycles. The number of nitrogens with zero attached hydrogens (tertiary/aromatic N) is 3. The van der Waals surface area contributed by atoms with Crippen LogP contribution in [-0.4, -0.2) is 36.5 Å². The van der Waals surface area contributed by atoms with Crippen molar-refractivity contribution in [3.05, 3.63) is 59.8 Å². The Kier molecular flexibility index (Phi) is 6.46. The van der Waals surface area contributed by atoms with Crippen LogP contribution >= 0.6 is 0 Å². The number of nitrogens with one attached hydrogen (secondary N) is 2. The molecule has 1 aromatic heterocycles. The van der Waals surface area contributed by atoms with Crippen LogP contribution < -0.4 is 24.8 Å². The highest BCUT2D eigenvalue weighted by Gasteiger charge is 2.06. The monoisotopic (exact) mass is 381 g/mol. The topological polar surface area (TPSA) is 90.4 Å². The van der Waals surface area contributed by atoms with Crippen molar-refractivity contribution >= 4 is 11.8 Å². The van der Waals surface area contributed by atoms with Crippen molar-refractivity contribution in [2.45, 2.75) is 13.1 Å². The number of aromatic nitrogens is 3. The molecule has 2 aromatic carbocycles. The summed E-state index contributed by atoms with van der Waals surface area (Å²) in [5, 5.41) is 14.4. The summed E-state index contributed by atoms with van der Waals surface area (Å²) < 4.78 is 15.7. The second-order valence-corrected chi connectivity index (χ2v) is 5.91. The van der Waals surface area contributed by atoms with Gasteiger partial charge in [0.15, 0.2) is 17.3 Å². The molecule has 1 heterocycles. The smallest absolute Gasteiger partial charge is 0.244 e. The summed E-state index contributed by atoms with van der Waals surface area (Å²) in [6.07, 6.45) is 1.58. The average molecular weight is 381 g/mol. The zero-order chi connectivity index (χ0) is 19.8. The van der Waals surface area contributed by atoms with Gasteiger partial charge >= 0.3 is 0 Å². The zero-order valence-corrected chi connectivity index (χ0v) is 16.1. The van der Waals surface area contributed by atoms with Gasteiger partial charge in [0.25, 0.3) is 0 Å². The molecule has 0 fully saturated rings.